The SMILES string of the molecule is CS(=O)(=O)N1CCc2c(nc([C@H]3CCCN3C(=O)Cc3ccc(F)cc3)[nH]c2=O)C1. The summed E-state index contributed by atoms with van der Waals surface area (Å²) in [5.74, 6) is -0.0921. The number of nitrogens with zero attached hydrogens (tertiary/aromatic N) is 3. The van der Waals surface area contributed by atoms with Gasteiger partial charge < -0.3 is 9.88 Å². The molecular weight excluding hydrogens is 411 g/mol. The smallest absolute Gasteiger partial charge is 0.254 e. The number of aromatic amines is 1. The Hall–Kier alpha value is -2.59. The van der Waals surface area contributed by atoms with E-state index in [4.69, 9.17) is 0 Å². The minimum atomic E-state index is -3.39. The lowest BCUT2D eigenvalue weighted by atomic mass is 10.1. The molecule has 30 heavy (non-hydrogen) atoms. The van der Waals surface area contributed by atoms with Crippen LogP contribution in [0, 0.1) is 5.82 Å². The summed E-state index contributed by atoms with van der Waals surface area (Å²) in [6.45, 7) is 0.851. The van der Waals surface area contributed by atoms with Gasteiger partial charge in [-0.15, -0.1) is 0 Å². The van der Waals surface area contributed by atoms with Gasteiger partial charge in [-0.05, 0) is 37.0 Å². The Morgan fingerprint density at radius 3 is 2.70 bits per heavy atom. The number of aromatic nitrogens is 2. The van der Waals surface area contributed by atoms with E-state index >= 15 is 0 Å². The number of nitrogens with one attached hydrogen (secondary N) is 1. The third-order valence-electron chi connectivity index (χ3n) is 5.68. The molecule has 2 aliphatic rings. The van der Waals surface area contributed by atoms with E-state index in [1.54, 1.807) is 17.0 Å². The van der Waals surface area contributed by atoms with Crippen molar-refractivity contribution in [3.63, 3.8) is 0 Å². The lowest BCUT2D eigenvalue weighted by Crippen LogP contribution is -2.40. The fourth-order valence-corrected chi connectivity index (χ4v) is 4.88. The quantitative estimate of drug-likeness (QED) is 0.777. The van der Waals surface area contributed by atoms with Crippen molar-refractivity contribution in [2.45, 2.75) is 38.3 Å². The number of benzene rings is 1. The maximum Gasteiger partial charge on any atom is 0.254 e. The van der Waals surface area contributed by atoms with Crippen LogP contribution in [-0.4, -0.2) is 52.8 Å². The number of hydrogen-bond acceptors (Lipinski definition) is 5. The first kappa shape index (κ1) is 20.7. The molecule has 8 nitrogen and oxygen atoms in total. The number of halogens is 1. The molecule has 0 spiro atoms. The molecule has 4 rings (SSSR count). The number of H-pyrrole nitrogens is 1. The molecule has 1 aromatic heterocycles. The molecular formula is C20H23FN4O4S. The number of carbonyl (C=O) groups is 1. The van der Waals surface area contributed by atoms with Crippen LogP contribution in [-0.2, 0) is 34.2 Å². The van der Waals surface area contributed by atoms with Crippen LogP contribution in [0.5, 0.6) is 0 Å². The Kier molecular flexibility index (Phi) is 5.46. The summed E-state index contributed by atoms with van der Waals surface area (Å²) in [7, 11) is -3.39. The van der Waals surface area contributed by atoms with Crippen LogP contribution in [0.25, 0.3) is 0 Å². The second kappa shape index (κ2) is 7.92. The fourth-order valence-electron chi connectivity index (χ4n) is 4.10. The molecule has 0 radical (unpaired) electrons. The average Bonchev–Trinajstić information content (AvgIpc) is 3.18. The Labute approximate surface area is 173 Å². The van der Waals surface area contributed by atoms with Crippen molar-refractivity contribution in [2.24, 2.45) is 0 Å². The average molecular weight is 434 g/mol. The van der Waals surface area contributed by atoms with Crippen LogP contribution in [0.2, 0.25) is 0 Å². The number of fused-ring (bicyclic) bond motifs is 1. The van der Waals surface area contributed by atoms with Crippen LogP contribution in [0.15, 0.2) is 29.1 Å². The third kappa shape index (κ3) is 4.15. The second-order valence-corrected chi connectivity index (χ2v) is 9.75. The number of hydrogen-bond donors (Lipinski definition) is 1. The predicted octanol–water partition coefficient (Wildman–Crippen LogP) is 1.13. The van der Waals surface area contributed by atoms with E-state index in [-0.39, 0.29) is 42.8 Å². The van der Waals surface area contributed by atoms with Gasteiger partial charge in [-0.1, -0.05) is 12.1 Å². The minimum Gasteiger partial charge on any atom is -0.332 e. The predicted molar refractivity (Wildman–Crippen MR) is 108 cm³/mol. The molecule has 1 N–H and O–H groups in total. The molecule has 0 aliphatic carbocycles. The van der Waals surface area contributed by atoms with Gasteiger partial charge in [-0.3, -0.25) is 9.59 Å². The van der Waals surface area contributed by atoms with E-state index in [1.165, 1.54) is 16.4 Å². The molecule has 1 aromatic carbocycles. The Morgan fingerprint density at radius 1 is 1.27 bits per heavy atom. The molecule has 0 unspecified atom stereocenters. The van der Waals surface area contributed by atoms with Gasteiger partial charge in [0.15, 0.2) is 0 Å². The Morgan fingerprint density at radius 2 is 2.00 bits per heavy atom. The maximum atomic E-state index is 13.1. The zero-order chi connectivity index (χ0) is 21.5. The van der Waals surface area contributed by atoms with Gasteiger partial charge >= 0.3 is 0 Å². The molecule has 10 heteroatoms. The molecule has 0 saturated carbocycles. The van der Waals surface area contributed by atoms with Crippen LogP contribution >= 0.6 is 0 Å². The summed E-state index contributed by atoms with van der Waals surface area (Å²) >= 11 is 0. The molecule has 1 amide bonds. The lowest BCUT2D eigenvalue weighted by Gasteiger charge is -2.28. The first-order valence-corrected chi connectivity index (χ1v) is 11.7. The van der Waals surface area contributed by atoms with Gasteiger partial charge in [-0.2, -0.15) is 4.31 Å². The zero-order valence-corrected chi connectivity index (χ0v) is 17.4. The van der Waals surface area contributed by atoms with Gasteiger partial charge in [-0.25, -0.2) is 17.8 Å². The van der Waals surface area contributed by atoms with Crippen molar-refractivity contribution in [3.8, 4) is 0 Å². The van der Waals surface area contributed by atoms with E-state index < -0.39 is 10.0 Å². The number of rotatable bonds is 4. The van der Waals surface area contributed by atoms with Crippen molar-refractivity contribution in [1.29, 1.82) is 0 Å². The summed E-state index contributed by atoms with van der Waals surface area (Å²) in [6, 6.07) is 5.43. The number of likely N-dealkylation sites (tertiary alicyclic amines) is 1. The van der Waals surface area contributed by atoms with E-state index in [0.717, 1.165) is 12.7 Å². The highest BCUT2D eigenvalue weighted by Crippen LogP contribution is 2.31. The number of amides is 1. The molecule has 1 fully saturated rings. The monoisotopic (exact) mass is 434 g/mol. The normalized spacial score (nSPS) is 19.7. The van der Waals surface area contributed by atoms with Crippen LogP contribution < -0.4 is 5.56 Å². The highest BCUT2D eigenvalue weighted by Gasteiger charge is 2.33. The van der Waals surface area contributed by atoms with Crippen LogP contribution in [0.4, 0.5) is 4.39 Å². The number of carbonyl (C=O) groups excluding carboxylic acids is 1. The van der Waals surface area contributed by atoms with E-state index in [2.05, 4.69) is 9.97 Å². The summed E-state index contributed by atoms with van der Waals surface area (Å²) in [5.41, 5.74) is 1.38. The topological polar surface area (TPSA) is 103 Å². The zero-order valence-electron chi connectivity index (χ0n) is 16.6. The largest absolute Gasteiger partial charge is 0.332 e. The van der Waals surface area contributed by atoms with Crippen molar-refractivity contribution in [2.75, 3.05) is 19.3 Å². The lowest BCUT2D eigenvalue weighted by molar-refractivity contribution is -0.131. The Balaban J connectivity index is 1.58. The molecule has 2 aromatic rings. The maximum absolute atomic E-state index is 13.1. The summed E-state index contributed by atoms with van der Waals surface area (Å²) in [5, 5.41) is 0. The van der Waals surface area contributed by atoms with Crippen molar-refractivity contribution in [1.82, 2.24) is 19.2 Å². The standard InChI is InChI=1S/C20H23FN4O4S/c1-30(28,29)24-10-8-15-16(12-24)22-19(23-20(15)27)17-3-2-9-25(17)18(26)11-13-4-6-14(21)7-5-13/h4-7,17H,2-3,8-12H2,1H3,(H,22,23,27)/t17-/m1/s1. The van der Waals surface area contributed by atoms with Crippen LogP contribution in [0.3, 0.4) is 0 Å². The van der Waals surface area contributed by atoms with Crippen LogP contribution in [0.1, 0.15) is 41.5 Å². The van der Waals surface area contributed by atoms with Gasteiger partial charge in [0, 0.05) is 18.7 Å². The van der Waals surface area contributed by atoms with Crippen molar-refractivity contribution < 1.29 is 17.6 Å². The molecule has 160 valence electrons. The highest BCUT2D eigenvalue weighted by molar-refractivity contribution is 7.88. The van der Waals surface area contributed by atoms with Gasteiger partial charge in [0.2, 0.25) is 15.9 Å². The van der Waals surface area contributed by atoms with Gasteiger partial charge in [0.1, 0.15) is 11.6 Å². The van der Waals surface area contributed by atoms with Crippen molar-refractivity contribution >= 4 is 15.9 Å². The molecule has 2 aliphatic heterocycles. The van der Waals surface area contributed by atoms with Gasteiger partial charge in [0.05, 0.1) is 31.0 Å². The molecule has 0 bridgehead atoms. The van der Waals surface area contributed by atoms with Gasteiger partial charge in [0.25, 0.3) is 5.56 Å². The first-order valence-electron chi connectivity index (χ1n) is 9.83. The van der Waals surface area contributed by atoms with E-state index in [0.29, 0.717) is 42.0 Å². The second-order valence-electron chi connectivity index (χ2n) is 7.77. The minimum absolute atomic E-state index is 0.0569. The highest BCUT2D eigenvalue weighted by atomic mass is 32.2. The summed E-state index contributed by atoms with van der Waals surface area (Å²) in [4.78, 5) is 34.5. The Bertz CT molecular complexity index is 1130. The molecule has 1 atom stereocenters. The van der Waals surface area contributed by atoms with Crippen molar-refractivity contribution in [3.05, 3.63) is 63.1 Å². The summed E-state index contributed by atoms with van der Waals surface area (Å²) < 4.78 is 38.2. The van der Waals surface area contributed by atoms with E-state index in [9.17, 15) is 22.4 Å². The molecule has 1 saturated heterocycles. The number of sulfonamides is 1. The van der Waals surface area contributed by atoms with E-state index in [1.807, 2.05) is 0 Å². The summed E-state index contributed by atoms with van der Waals surface area (Å²) in [6.07, 6.45) is 3.01. The molecule has 3 heterocycles. The first-order chi connectivity index (χ1) is 14.2. The fraction of sp³-hybridized carbons (Fsp3) is 0.450. The third-order valence-corrected chi connectivity index (χ3v) is 6.93.